The van der Waals surface area contributed by atoms with Gasteiger partial charge in [-0.05, 0) is 23.3 Å². The highest BCUT2D eigenvalue weighted by molar-refractivity contribution is 5.77. The largest absolute Gasteiger partial charge is 0.493 e. The van der Waals surface area contributed by atoms with Crippen molar-refractivity contribution < 1.29 is 9.47 Å². The molecule has 1 aliphatic rings. The molecular formula is C23H33N5O2. The summed E-state index contributed by atoms with van der Waals surface area (Å²) >= 11 is 0. The Hall–Kier alpha value is -2.77. The third-order valence-corrected chi connectivity index (χ3v) is 5.33. The molecule has 1 aliphatic heterocycles. The maximum atomic E-state index is 6.03. The van der Waals surface area contributed by atoms with E-state index in [0.717, 1.165) is 51.4 Å². The van der Waals surface area contributed by atoms with Gasteiger partial charge >= 0.3 is 0 Å². The molecular weight excluding hydrogens is 378 g/mol. The first-order chi connectivity index (χ1) is 14.7. The topological polar surface area (TPSA) is 75.4 Å². The minimum Gasteiger partial charge on any atom is -0.493 e. The molecule has 7 nitrogen and oxygen atoms in total. The van der Waals surface area contributed by atoms with Gasteiger partial charge in [0, 0.05) is 45.8 Å². The van der Waals surface area contributed by atoms with Crippen LogP contribution in [-0.4, -0.2) is 69.2 Å². The molecule has 30 heavy (non-hydrogen) atoms. The van der Waals surface area contributed by atoms with E-state index < -0.39 is 0 Å². The number of nitrogens with zero attached hydrogens (tertiary/aromatic N) is 3. The van der Waals surface area contributed by atoms with Crippen LogP contribution in [0.4, 0.5) is 0 Å². The summed E-state index contributed by atoms with van der Waals surface area (Å²) < 4.78 is 10.6. The Morgan fingerprint density at radius 1 is 0.933 bits per heavy atom. The average Bonchev–Trinajstić information content (AvgIpc) is 2.79. The van der Waals surface area contributed by atoms with Crippen LogP contribution in [0.2, 0.25) is 0 Å². The SMILES string of the molecule is COc1ccc(CN=C(N)NCCN2CCN(Cc3ccccc3)CC2)cc1OC. The van der Waals surface area contributed by atoms with Gasteiger partial charge in [0.05, 0.1) is 20.8 Å². The third kappa shape index (κ3) is 6.64. The van der Waals surface area contributed by atoms with Crippen molar-refractivity contribution in [2.24, 2.45) is 10.7 Å². The minimum absolute atomic E-state index is 0.465. The van der Waals surface area contributed by atoms with Crippen LogP contribution in [0, 0.1) is 0 Å². The molecule has 2 aromatic carbocycles. The summed E-state index contributed by atoms with van der Waals surface area (Å²) in [6.45, 7) is 7.63. The van der Waals surface area contributed by atoms with Crippen molar-refractivity contribution in [1.29, 1.82) is 0 Å². The summed E-state index contributed by atoms with van der Waals surface area (Å²) in [5.74, 6) is 1.87. The second-order valence-corrected chi connectivity index (χ2v) is 7.42. The van der Waals surface area contributed by atoms with E-state index in [1.807, 2.05) is 18.2 Å². The van der Waals surface area contributed by atoms with Crippen molar-refractivity contribution in [3.8, 4) is 11.5 Å². The monoisotopic (exact) mass is 411 g/mol. The highest BCUT2D eigenvalue weighted by Crippen LogP contribution is 2.27. The van der Waals surface area contributed by atoms with Crippen molar-refractivity contribution in [2.75, 3.05) is 53.5 Å². The first-order valence-electron chi connectivity index (χ1n) is 10.4. The average molecular weight is 412 g/mol. The van der Waals surface area contributed by atoms with Crippen LogP contribution < -0.4 is 20.5 Å². The van der Waals surface area contributed by atoms with E-state index in [4.69, 9.17) is 15.2 Å². The smallest absolute Gasteiger partial charge is 0.188 e. The van der Waals surface area contributed by atoms with Gasteiger partial charge in [0.25, 0.3) is 0 Å². The van der Waals surface area contributed by atoms with Crippen molar-refractivity contribution in [2.45, 2.75) is 13.1 Å². The van der Waals surface area contributed by atoms with Crippen molar-refractivity contribution in [3.05, 3.63) is 59.7 Å². The fraction of sp³-hybridized carbons (Fsp3) is 0.435. The van der Waals surface area contributed by atoms with Crippen LogP contribution in [0.3, 0.4) is 0 Å². The lowest BCUT2D eigenvalue weighted by molar-refractivity contribution is 0.129. The van der Waals surface area contributed by atoms with Gasteiger partial charge in [-0.15, -0.1) is 0 Å². The van der Waals surface area contributed by atoms with Crippen LogP contribution >= 0.6 is 0 Å². The van der Waals surface area contributed by atoms with Crippen LogP contribution in [0.5, 0.6) is 11.5 Å². The zero-order valence-electron chi connectivity index (χ0n) is 18.0. The van der Waals surface area contributed by atoms with E-state index in [9.17, 15) is 0 Å². The fourth-order valence-corrected chi connectivity index (χ4v) is 3.57. The normalized spacial score (nSPS) is 15.7. The molecule has 1 heterocycles. The quantitative estimate of drug-likeness (QED) is 0.485. The first-order valence-corrected chi connectivity index (χ1v) is 10.4. The van der Waals surface area contributed by atoms with Gasteiger partial charge in [0.1, 0.15) is 0 Å². The second kappa shape index (κ2) is 11.4. The number of benzene rings is 2. The molecule has 0 atom stereocenters. The zero-order chi connectivity index (χ0) is 21.2. The predicted molar refractivity (Wildman–Crippen MR) is 121 cm³/mol. The Morgan fingerprint density at radius 2 is 1.63 bits per heavy atom. The maximum Gasteiger partial charge on any atom is 0.188 e. The van der Waals surface area contributed by atoms with E-state index in [2.05, 4.69) is 50.4 Å². The van der Waals surface area contributed by atoms with Crippen molar-refractivity contribution in [3.63, 3.8) is 0 Å². The summed E-state index contributed by atoms with van der Waals surface area (Å²) in [5, 5.41) is 3.22. The van der Waals surface area contributed by atoms with Crippen LogP contribution in [-0.2, 0) is 13.1 Å². The van der Waals surface area contributed by atoms with Gasteiger partial charge in [-0.3, -0.25) is 9.80 Å². The summed E-state index contributed by atoms with van der Waals surface area (Å²) in [4.78, 5) is 9.41. The Balaban J connectivity index is 1.35. The Morgan fingerprint density at radius 3 is 2.33 bits per heavy atom. The molecule has 0 spiro atoms. The molecule has 3 N–H and O–H groups in total. The van der Waals surface area contributed by atoms with Crippen LogP contribution in [0.25, 0.3) is 0 Å². The minimum atomic E-state index is 0.465. The van der Waals surface area contributed by atoms with E-state index >= 15 is 0 Å². The summed E-state index contributed by atoms with van der Waals surface area (Å²) in [6, 6.07) is 16.4. The molecule has 0 aromatic heterocycles. The number of rotatable bonds is 9. The van der Waals surface area contributed by atoms with Gasteiger partial charge < -0.3 is 20.5 Å². The van der Waals surface area contributed by atoms with Crippen LogP contribution in [0.1, 0.15) is 11.1 Å². The Labute approximate surface area is 179 Å². The Bertz CT molecular complexity index is 804. The fourth-order valence-electron chi connectivity index (χ4n) is 3.57. The van der Waals surface area contributed by atoms with Crippen LogP contribution in [0.15, 0.2) is 53.5 Å². The van der Waals surface area contributed by atoms with Gasteiger partial charge in [-0.1, -0.05) is 36.4 Å². The summed E-state index contributed by atoms with van der Waals surface area (Å²) in [7, 11) is 3.25. The number of hydrogen-bond acceptors (Lipinski definition) is 5. The predicted octanol–water partition coefficient (Wildman–Crippen LogP) is 1.93. The van der Waals surface area contributed by atoms with E-state index in [1.54, 1.807) is 14.2 Å². The molecule has 0 saturated carbocycles. The summed E-state index contributed by atoms with van der Waals surface area (Å²) in [6.07, 6.45) is 0. The number of ether oxygens (including phenoxy) is 2. The molecule has 1 saturated heterocycles. The molecule has 7 heteroatoms. The third-order valence-electron chi connectivity index (χ3n) is 5.33. The number of methoxy groups -OCH3 is 2. The second-order valence-electron chi connectivity index (χ2n) is 7.42. The number of hydrogen-bond donors (Lipinski definition) is 2. The Kier molecular flexibility index (Phi) is 8.35. The van der Waals surface area contributed by atoms with E-state index in [0.29, 0.717) is 24.0 Å². The van der Waals surface area contributed by atoms with Crippen molar-refractivity contribution >= 4 is 5.96 Å². The number of piperazine rings is 1. The molecule has 2 aromatic rings. The van der Waals surface area contributed by atoms with Gasteiger partial charge in [0.2, 0.25) is 0 Å². The highest BCUT2D eigenvalue weighted by atomic mass is 16.5. The molecule has 1 fully saturated rings. The molecule has 0 aliphatic carbocycles. The van der Waals surface area contributed by atoms with Gasteiger partial charge in [-0.2, -0.15) is 0 Å². The lowest BCUT2D eigenvalue weighted by atomic mass is 10.2. The standard InChI is InChI=1S/C23H33N5O2/c1-29-21-9-8-20(16-22(21)30-2)17-26-23(24)25-10-11-27-12-14-28(15-13-27)18-19-6-4-3-5-7-19/h3-9,16H,10-15,17-18H2,1-2H3,(H3,24,25,26). The van der Waals surface area contributed by atoms with E-state index in [1.165, 1.54) is 5.56 Å². The number of nitrogens with one attached hydrogen (secondary N) is 1. The molecule has 162 valence electrons. The molecule has 0 radical (unpaired) electrons. The molecule has 3 rings (SSSR count). The summed E-state index contributed by atoms with van der Waals surface area (Å²) in [5.41, 5.74) is 8.43. The molecule has 0 amide bonds. The zero-order valence-corrected chi connectivity index (χ0v) is 18.0. The van der Waals surface area contributed by atoms with Crippen molar-refractivity contribution in [1.82, 2.24) is 15.1 Å². The maximum absolute atomic E-state index is 6.03. The lowest BCUT2D eigenvalue weighted by Gasteiger charge is -2.34. The molecule has 0 bridgehead atoms. The molecule has 0 unspecified atom stereocenters. The first kappa shape index (κ1) is 21.9. The highest BCUT2D eigenvalue weighted by Gasteiger charge is 2.16. The van der Waals surface area contributed by atoms with Gasteiger partial charge in [0.15, 0.2) is 17.5 Å². The van der Waals surface area contributed by atoms with E-state index in [-0.39, 0.29) is 0 Å². The van der Waals surface area contributed by atoms with Gasteiger partial charge in [-0.25, -0.2) is 4.99 Å². The number of nitrogens with two attached hydrogens (primary N) is 1. The lowest BCUT2D eigenvalue weighted by Crippen LogP contribution is -2.48. The number of aliphatic imine (C=N–C) groups is 1. The number of guanidine groups is 1.